The monoisotopic (exact) mass is 412 g/mol. The van der Waals surface area contributed by atoms with E-state index in [-0.39, 0.29) is 24.0 Å². The zero-order valence-corrected chi connectivity index (χ0v) is 15.9. The maximum atomic E-state index is 6.11. The van der Waals surface area contributed by atoms with Crippen molar-refractivity contribution < 1.29 is 0 Å². The van der Waals surface area contributed by atoms with Crippen LogP contribution in [0.1, 0.15) is 33.1 Å². The average molecular weight is 412 g/mol. The van der Waals surface area contributed by atoms with Crippen molar-refractivity contribution in [3.05, 3.63) is 0 Å². The van der Waals surface area contributed by atoms with Crippen LogP contribution in [0.2, 0.25) is 0 Å². The molecule has 2 aliphatic rings. The third-order valence-corrected chi connectivity index (χ3v) is 5.22. The molecule has 2 heterocycles. The van der Waals surface area contributed by atoms with E-state index in [2.05, 4.69) is 28.6 Å². The van der Waals surface area contributed by atoms with Gasteiger partial charge in [0.1, 0.15) is 0 Å². The van der Waals surface area contributed by atoms with Crippen molar-refractivity contribution in [2.24, 2.45) is 10.7 Å². The van der Waals surface area contributed by atoms with Crippen LogP contribution in [0.15, 0.2) is 4.99 Å². The summed E-state index contributed by atoms with van der Waals surface area (Å²) in [5, 5.41) is 0. The van der Waals surface area contributed by atoms with Gasteiger partial charge in [-0.2, -0.15) is 11.8 Å². The van der Waals surface area contributed by atoms with E-state index in [4.69, 9.17) is 5.73 Å². The molecule has 2 N–H and O–H groups in total. The lowest BCUT2D eigenvalue weighted by Gasteiger charge is -2.37. The van der Waals surface area contributed by atoms with Gasteiger partial charge in [0.15, 0.2) is 5.96 Å². The highest BCUT2D eigenvalue weighted by Gasteiger charge is 2.23. The molecule has 118 valence electrons. The van der Waals surface area contributed by atoms with Crippen LogP contribution in [0.5, 0.6) is 0 Å². The van der Waals surface area contributed by atoms with Gasteiger partial charge in [0.2, 0.25) is 0 Å². The fourth-order valence-corrected chi connectivity index (χ4v) is 3.90. The lowest BCUT2D eigenvalue weighted by atomic mass is 10.0. The molecular weight excluding hydrogens is 383 g/mol. The van der Waals surface area contributed by atoms with Crippen LogP contribution in [0.25, 0.3) is 0 Å². The van der Waals surface area contributed by atoms with Crippen molar-refractivity contribution in [1.82, 2.24) is 9.80 Å². The van der Waals surface area contributed by atoms with Gasteiger partial charge in [0.25, 0.3) is 0 Å². The van der Waals surface area contributed by atoms with Crippen molar-refractivity contribution in [2.45, 2.75) is 45.2 Å². The summed E-state index contributed by atoms with van der Waals surface area (Å²) < 4.78 is 0. The van der Waals surface area contributed by atoms with E-state index in [1.54, 1.807) is 0 Å². The standard InChI is InChI=1S/C14H28N4S.HI/c1-12-5-3-4-6-18(12)13(2)11-16-14(15)17-7-9-19-10-8-17;/h12-13H,3-11H2,1-2H3,(H2,15,16);1H. The molecule has 6 heteroatoms. The quantitative estimate of drug-likeness (QED) is 0.439. The van der Waals surface area contributed by atoms with E-state index >= 15 is 0 Å². The smallest absolute Gasteiger partial charge is 0.191 e. The first-order valence-corrected chi connectivity index (χ1v) is 8.72. The number of nitrogens with two attached hydrogens (primary N) is 1. The van der Waals surface area contributed by atoms with E-state index in [0.717, 1.165) is 25.6 Å². The lowest BCUT2D eigenvalue weighted by molar-refractivity contribution is 0.118. The summed E-state index contributed by atoms with van der Waals surface area (Å²) in [5.74, 6) is 3.10. The normalized spacial score (nSPS) is 27.0. The SMILES string of the molecule is CC1CCCCN1C(C)CN=C(N)N1CCSCC1.I. The molecule has 0 spiro atoms. The summed E-state index contributed by atoms with van der Waals surface area (Å²) in [6.07, 6.45) is 4.03. The minimum atomic E-state index is 0. The van der Waals surface area contributed by atoms with Crippen molar-refractivity contribution in [2.75, 3.05) is 37.7 Å². The number of guanidine groups is 1. The maximum Gasteiger partial charge on any atom is 0.191 e. The van der Waals surface area contributed by atoms with Gasteiger partial charge in [-0.1, -0.05) is 6.42 Å². The van der Waals surface area contributed by atoms with Gasteiger partial charge >= 0.3 is 0 Å². The highest BCUT2D eigenvalue weighted by atomic mass is 127. The van der Waals surface area contributed by atoms with Gasteiger partial charge in [-0.3, -0.25) is 9.89 Å². The molecule has 2 aliphatic heterocycles. The third-order valence-electron chi connectivity index (χ3n) is 4.27. The van der Waals surface area contributed by atoms with Crippen LogP contribution in [0.4, 0.5) is 0 Å². The first-order chi connectivity index (χ1) is 9.18. The molecule has 2 atom stereocenters. The second-order valence-corrected chi connectivity index (χ2v) is 6.95. The molecule has 0 amide bonds. The molecule has 20 heavy (non-hydrogen) atoms. The highest BCUT2D eigenvalue weighted by molar-refractivity contribution is 14.0. The summed E-state index contributed by atoms with van der Waals surface area (Å²) in [5.41, 5.74) is 6.11. The highest BCUT2D eigenvalue weighted by Crippen LogP contribution is 2.19. The topological polar surface area (TPSA) is 44.9 Å². The summed E-state index contributed by atoms with van der Waals surface area (Å²) in [7, 11) is 0. The minimum absolute atomic E-state index is 0. The molecule has 2 unspecified atom stereocenters. The zero-order valence-electron chi connectivity index (χ0n) is 12.8. The van der Waals surface area contributed by atoms with Gasteiger partial charge in [0, 0.05) is 36.7 Å². The van der Waals surface area contributed by atoms with E-state index in [1.165, 1.54) is 37.3 Å². The number of hydrogen-bond donors (Lipinski definition) is 1. The summed E-state index contributed by atoms with van der Waals surface area (Å²) in [6, 6.07) is 1.21. The van der Waals surface area contributed by atoms with Crippen LogP contribution in [-0.4, -0.2) is 65.5 Å². The van der Waals surface area contributed by atoms with Crippen molar-refractivity contribution in [3.8, 4) is 0 Å². The Balaban J connectivity index is 0.00000200. The fraction of sp³-hybridized carbons (Fsp3) is 0.929. The number of thioether (sulfide) groups is 1. The number of rotatable bonds is 3. The zero-order chi connectivity index (χ0) is 13.7. The molecule has 0 radical (unpaired) electrons. The van der Waals surface area contributed by atoms with Crippen LogP contribution in [0.3, 0.4) is 0 Å². The molecule has 2 rings (SSSR count). The largest absolute Gasteiger partial charge is 0.370 e. The Morgan fingerprint density at radius 2 is 2.00 bits per heavy atom. The number of halogens is 1. The van der Waals surface area contributed by atoms with Gasteiger partial charge in [-0.25, -0.2) is 0 Å². The Labute approximate surface area is 144 Å². The molecule has 4 nitrogen and oxygen atoms in total. The number of aliphatic imine (C=N–C) groups is 1. The van der Waals surface area contributed by atoms with E-state index in [9.17, 15) is 0 Å². The van der Waals surface area contributed by atoms with Crippen LogP contribution in [0, 0.1) is 0 Å². The third kappa shape index (κ3) is 5.26. The number of hydrogen-bond acceptors (Lipinski definition) is 3. The van der Waals surface area contributed by atoms with Crippen molar-refractivity contribution in [3.63, 3.8) is 0 Å². The predicted octanol–water partition coefficient (Wildman–Crippen LogP) is 2.23. The van der Waals surface area contributed by atoms with Gasteiger partial charge in [-0.05, 0) is 33.2 Å². The first kappa shape index (κ1) is 18.4. The molecule has 0 aromatic carbocycles. The molecule has 2 saturated heterocycles. The maximum absolute atomic E-state index is 6.11. The van der Waals surface area contributed by atoms with Gasteiger partial charge in [-0.15, -0.1) is 24.0 Å². The second kappa shape index (κ2) is 9.35. The van der Waals surface area contributed by atoms with E-state index in [1.807, 2.05) is 11.8 Å². The second-order valence-electron chi connectivity index (χ2n) is 5.73. The van der Waals surface area contributed by atoms with Crippen LogP contribution in [-0.2, 0) is 0 Å². The minimum Gasteiger partial charge on any atom is -0.370 e. The van der Waals surface area contributed by atoms with E-state index in [0.29, 0.717) is 12.1 Å². The Kier molecular flexibility index (Phi) is 8.59. The van der Waals surface area contributed by atoms with Crippen LogP contribution >= 0.6 is 35.7 Å². The fourth-order valence-electron chi connectivity index (χ4n) is 3.00. The van der Waals surface area contributed by atoms with Crippen molar-refractivity contribution >= 4 is 41.7 Å². The molecule has 0 aromatic rings. The Hall–Kier alpha value is 0.310. The van der Waals surface area contributed by atoms with Gasteiger partial charge < -0.3 is 10.6 Å². The first-order valence-electron chi connectivity index (χ1n) is 7.57. The Bertz CT molecular complexity index is 308. The molecule has 0 saturated carbocycles. The Morgan fingerprint density at radius 1 is 1.30 bits per heavy atom. The summed E-state index contributed by atoms with van der Waals surface area (Å²) in [4.78, 5) is 9.44. The molecule has 0 aliphatic carbocycles. The number of nitrogens with zero attached hydrogens (tertiary/aromatic N) is 3. The molecule has 2 fully saturated rings. The lowest BCUT2D eigenvalue weighted by Crippen LogP contribution is -2.46. The Morgan fingerprint density at radius 3 is 2.65 bits per heavy atom. The van der Waals surface area contributed by atoms with Crippen molar-refractivity contribution in [1.29, 1.82) is 0 Å². The predicted molar refractivity (Wildman–Crippen MR) is 100 cm³/mol. The van der Waals surface area contributed by atoms with E-state index < -0.39 is 0 Å². The van der Waals surface area contributed by atoms with Crippen LogP contribution < -0.4 is 5.73 Å². The summed E-state index contributed by atoms with van der Waals surface area (Å²) >= 11 is 2.00. The average Bonchev–Trinajstić information content (AvgIpc) is 2.46. The molecule has 0 aromatic heterocycles. The number of piperidine rings is 1. The van der Waals surface area contributed by atoms with Gasteiger partial charge in [0.05, 0.1) is 6.54 Å². The summed E-state index contributed by atoms with van der Waals surface area (Å²) in [6.45, 7) is 8.77. The number of likely N-dealkylation sites (tertiary alicyclic amines) is 1. The molecular formula is C14H29IN4S. The molecule has 0 bridgehead atoms.